The third-order valence-corrected chi connectivity index (χ3v) is 4.75. The summed E-state index contributed by atoms with van der Waals surface area (Å²) in [5.41, 5.74) is 1.86. The second-order valence-electron chi connectivity index (χ2n) is 6.12. The molecule has 1 aliphatic carbocycles. The lowest BCUT2D eigenvalue weighted by atomic mass is 9.97. The topological polar surface area (TPSA) is 31.2 Å². The van der Waals surface area contributed by atoms with Gasteiger partial charge < -0.3 is 9.30 Å². The first-order valence-corrected chi connectivity index (χ1v) is 7.86. The molecule has 112 valence electrons. The van der Waals surface area contributed by atoms with Crippen molar-refractivity contribution in [3.63, 3.8) is 0 Å². The van der Waals surface area contributed by atoms with Crippen LogP contribution in [0.15, 0.2) is 24.4 Å². The van der Waals surface area contributed by atoms with Crippen molar-refractivity contribution in [2.24, 2.45) is 13.0 Å². The van der Waals surface area contributed by atoms with Crippen molar-refractivity contribution in [2.45, 2.75) is 38.5 Å². The number of aromatic nitrogens is 1. The maximum absolute atomic E-state index is 12.6. The first-order valence-electron chi connectivity index (χ1n) is 7.86. The normalized spacial score (nSPS) is 15.7. The van der Waals surface area contributed by atoms with E-state index in [1.807, 2.05) is 36.0 Å². The van der Waals surface area contributed by atoms with E-state index < -0.39 is 0 Å². The summed E-state index contributed by atoms with van der Waals surface area (Å²) in [7, 11) is 3.64. The average molecular weight is 285 g/mol. The molecule has 0 bridgehead atoms. The Morgan fingerprint density at radius 1 is 1.33 bits per heavy atom. The van der Waals surface area contributed by atoms with Gasteiger partial charge in [-0.15, -0.1) is 0 Å². The van der Waals surface area contributed by atoms with Crippen molar-refractivity contribution < 1.29 is 9.53 Å². The monoisotopic (exact) mass is 285 g/mol. The third-order valence-electron chi connectivity index (χ3n) is 4.75. The molecular weight excluding hydrogens is 262 g/mol. The van der Waals surface area contributed by atoms with Crippen LogP contribution in [0.25, 0.3) is 10.9 Å². The first kappa shape index (κ1) is 14.2. The molecule has 1 aromatic carbocycles. The minimum absolute atomic E-state index is 0.247. The molecule has 1 aliphatic rings. The van der Waals surface area contributed by atoms with E-state index in [1.54, 1.807) is 7.11 Å². The zero-order chi connectivity index (χ0) is 14.8. The molecule has 1 heterocycles. The van der Waals surface area contributed by atoms with Crippen LogP contribution in [0.3, 0.4) is 0 Å². The van der Waals surface area contributed by atoms with Gasteiger partial charge in [0.2, 0.25) is 0 Å². The maximum atomic E-state index is 12.6. The van der Waals surface area contributed by atoms with Crippen molar-refractivity contribution in [2.75, 3.05) is 7.11 Å². The van der Waals surface area contributed by atoms with Crippen LogP contribution in [-0.4, -0.2) is 17.5 Å². The molecule has 3 heteroatoms. The lowest BCUT2D eigenvalue weighted by Crippen LogP contribution is -2.03. The predicted octanol–water partition coefficient (Wildman–Crippen LogP) is 4.34. The van der Waals surface area contributed by atoms with Gasteiger partial charge in [-0.3, -0.25) is 4.79 Å². The summed E-state index contributed by atoms with van der Waals surface area (Å²) < 4.78 is 7.46. The van der Waals surface area contributed by atoms with E-state index >= 15 is 0 Å². The molecule has 3 rings (SSSR count). The van der Waals surface area contributed by atoms with Crippen LogP contribution >= 0.6 is 0 Å². The highest BCUT2D eigenvalue weighted by Gasteiger charge is 2.20. The van der Waals surface area contributed by atoms with Crippen LogP contribution < -0.4 is 4.74 Å². The van der Waals surface area contributed by atoms with E-state index in [0.717, 1.165) is 34.6 Å². The highest BCUT2D eigenvalue weighted by molar-refractivity contribution is 6.10. The van der Waals surface area contributed by atoms with Crippen LogP contribution in [0.5, 0.6) is 5.75 Å². The smallest absolute Gasteiger partial charge is 0.165 e. The fraction of sp³-hybridized carbons (Fsp3) is 0.500. The molecule has 1 fully saturated rings. The Bertz CT molecular complexity index is 651. The lowest BCUT2D eigenvalue weighted by Gasteiger charge is -2.08. The maximum Gasteiger partial charge on any atom is 0.165 e. The summed E-state index contributed by atoms with van der Waals surface area (Å²) in [4.78, 5) is 12.6. The molecule has 0 atom stereocenters. The van der Waals surface area contributed by atoms with Gasteiger partial charge in [0.15, 0.2) is 5.78 Å². The predicted molar refractivity (Wildman–Crippen MR) is 85.0 cm³/mol. The average Bonchev–Trinajstić information content (AvgIpc) is 3.13. The van der Waals surface area contributed by atoms with E-state index in [4.69, 9.17) is 4.74 Å². The second-order valence-corrected chi connectivity index (χ2v) is 6.12. The number of carbonyl (C=O) groups is 1. The minimum atomic E-state index is 0.247. The molecule has 0 saturated heterocycles. The van der Waals surface area contributed by atoms with Crippen LogP contribution in [-0.2, 0) is 7.05 Å². The molecule has 0 aliphatic heterocycles. The summed E-state index contributed by atoms with van der Waals surface area (Å²) in [6.45, 7) is 0. The molecule has 0 N–H and O–H groups in total. The van der Waals surface area contributed by atoms with Crippen LogP contribution in [0, 0.1) is 5.92 Å². The Kier molecular flexibility index (Phi) is 4.00. The van der Waals surface area contributed by atoms with Gasteiger partial charge in [0.05, 0.1) is 18.0 Å². The van der Waals surface area contributed by atoms with Gasteiger partial charge in [-0.2, -0.15) is 0 Å². The van der Waals surface area contributed by atoms with Crippen molar-refractivity contribution in [1.29, 1.82) is 0 Å². The summed E-state index contributed by atoms with van der Waals surface area (Å²) in [6.07, 6.45) is 8.90. The number of nitrogens with zero attached hydrogens (tertiary/aromatic N) is 1. The zero-order valence-corrected chi connectivity index (χ0v) is 12.9. The summed E-state index contributed by atoms with van der Waals surface area (Å²) in [6, 6.07) is 5.93. The van der Waals surface area contributed by atoms with E-state index in [0.29, 0.717) is 6.42 Å². The Morgan fingerprint density at radius 3 is 2.81 bits per heavy atom. The molecule has 2 aromatic rings. The second kappa shape index (κ2) is 5.92. The molecule has 0 spiro atoms. The number of ketones is 1. The quantitative estimate of drug-likeness (QED) is 0.765. The van der Waals surface area contributed by atoms with Gasteiger partial charge in [0.1, 0.15) is 5.75 Å². The van der Waals surface area contributed by atoms with Gasteiger partial charge in [0, 0.05) is 25.2 Å². The van der Waals surface area contributed by atoms with Crippen molar-refractivity contribution in [3.8, 4) is 5.75 Å². The molecule has 0 unspecified atom stereocenters. The third kappa shape index (κ3) is 2.69. The SMILES string of the molecule is COc1cccc2c1c(C(=O)CCC1CCCC1)cn2C. The Labute approximate surface area is 125 Å². The van der Waals surface area contributed by atoms with E-state index in [1.165, 1.54) is 25.7 Å². The summed E-state index contributed by atoms with van der Waals surface area (Å²) in [5, 5.41) is 0.957. The highest BCUT2D eigenvalue weighted by atomic mass is 16.5. The van der Waals surface area contributed by atoms with E-state index in [9.17, 15) is 4.79 Å². The number of benzene rings is 1. The van der Waals surface area contributed by atoms with Crippen molar-refractivity contribution >= 4 is 16.7 Å². The van der Waals surface area contributed by atoms with Crippen molar-refractivity contribution in [3.05, 3.63) is 30.0 Å². The lowest BCUT2D eigenvalue weighted by molar-refractivity contribution is 0.0975. The number of hydrogen-bond donors (Lipinski definition) is 0. The Balaban J connectivity index is 1.86. The Morgan fingerprint density at radius 2 is 2.10 bits per heavy atom. The largest absolute Gasteiger partial charge is 0.496 e. The van der Waals surface area contributed by atoms with Gasteiger partial charge >= 0.3 is 0 Å². The number of hydrogen-bond acceptors (Lipinski definition) is 2. The van der Waals surface area contributed by atoms with E-state index in [2.05, 4.69) is 0 Å². The summed E-state index contributed by atoms with van der Waals surface area (Å²) >= 11 is 0. The van der Waals surface area contributed by atoms with Gasteiger partial charge in [-0.05, 0) is 24.5 Å². The van der Waals surface area contributed by atoms with Crippen LogP contribution in [0.4, 0.5) is 0 Å². The molecular formula is C18H23NO2. The van der Waals surface area contributed by atoms with Crippen molar-refractivity contribution in [1.82, 2.24) is 4.57 Å². The fourth-order valence-electron chi connectivity index (χ4n) is 3.56. The van der Waals surface area contributed by atoms with Gasteiger partial charge in [0.25, 0.3) is 0 Å². The number of aryl methyl sites for hydroxylation is 1. The van der Waals surface area contributed by atoms with E-state index in [-0.39, 0.29) is 5.78 Å². The van der Waals surface area contributed by atoms with Crippen LogP contribution in [0.2, 0.25) is 0 Å². The standard InChI is InChI=1S/C18H23NO2/c1-19-12-14(16(20)11-10-13-6-3-4-7-13)18-15(19)8-5-9-17(18)21-2/h5,8-9,12-13H,3-4,6-7,10-11H2,1-2H3. The molecule has 21 heavy (non-hydrogen) atoms. The number of fused-ring (bicyclic) bond motifs is 1. The summed E-state index contributed by atoms with van der Waals surface area (Å²) in [5.74, 6) is 1.79. The molecule has 3 nitrogen and oxygen atoms in total. The Hall–Kier alpha value is -1.77. The van der Waals surface area contributed by atoms with Crippen LogP contribution in [0.1, 0.15) is 48.9 Å². The fourth-order valence-corrected chi connectivity index (χ4v) is 3.56. The number of carbonyl (C=O) groups excluding carboxylic acids is 1. The molecule has 0 radical (unpaired) electrons. The number of Topliss-reactive ketones (excluding diaryl/α,β-unsaturated/α-hetero) is 1. The molecule has 0 amide bonds. The molecule has 1 saturated carbocycles. The number of ether oxygens (including phenoxy) is 1. The van der Waals surface area contributed by atoms with Gasteiger partial charge in [-0.25, -0.2) is 0 Å². The van der Waals surface area contributed by atoms with Gasteiger partial charge in [-0.1, -0.05) is 31.7 Å². The zero-order valence-electron chi connectivity index (χ0n) is 12.9. The minimum Gasteiger partial charge on any atom is -0.496 e. The highest BCUT2D eigenvalue weighted by Crippen LogP contribution is 2.33. The number of rotatable bonds is 5. The molecule has 1 aromatic heterocycles. The number of methoxy groups -OCH3 is 1. The first-order chi connectivity index (χ1) is 10.2.